The highest BCUT2D eigenvalue weighted by atomic mass is 19.4. The zero-order valence-corrected chi connectivity index (χ0v) is 19.1. The maximum atomic E-state index is 12.9. The van der Waals surface area contributed by atoms with E-state index in [0.717, 1.165) is 23.3 Å². The molecule has 32 heavy (non-hydrogen) atoms. The lowest BCUT2D eigenvalue weighted by Crippen LogP contribution is -2.22. The van der Waals surface area contributed by atoms with Crippen molar-refractivity contribution in [1.82, 2.24) is 14.9 Å². The Morgan fingerprint density at radius 2 is 1.50 bits per heavy atom. The number of halogens is 3. The molecule has 4 nitrogen and oxygen atoms in total. The van der Waals surface area contributed by atoms with Crippen molar-refractivity contribution in [1.29, 1.82) is 0 Å². The summed E-state index contributed by atoms with van der Waals surface area (Å²) in [6.07, 6.45) is 0.00111. The van der Waals surface area contributed by atoms with E-state index in [0.29, 0.717) is 11.1 Å². The third kappa shape index (κ3) is 5.21. The number of benzene rings is 2. The first-order chi connectivity index (χ1) is 14.7. The minimum atomic E-state index is -4.42. The molecule has 0 saturated heterocycles. The number of hydrogen-bond donors (Lipinski definition) is 1. The molecule has 0 aliphatic carbocycles. The fourth-order valence-corrected chi connectivity index (χ4v) is 3.23. The standard InChI is InChI=1S/C25H28F3N3O/c1-23(2,3)18-11-16(12-19(13-18)24(4,5)6)22(32)29-9-10-31-15-30-20-14-17(25(26,27)28)7-8-21(20)31/h7-15H,1-6H3,(H,29,32)/b10-9+. The van der Waals surface area contributed by atoms with Gasteiger partial charge in [0.1, 0.15) is 0 Å². The second-order valence-electron chi connectivity index (χ2n) is 9.94. The molecule has 0 aliphatic heterocycles. The van der Waals surface area contributed by atoms with Crippen LogP contribution in [-0.2, 0) is 17.0 Å². The number of alkyl halides is 3. The normalized spacial score (nSPS) is 13.2. The van der Waals surface area contributed by atoms with Crippen LogP contribution in [0.1, 0.15) is 68.6 Å². The average molecular weight is 444 g/mol. The van der Waals surface area contributed by atoms with Crippen LogP contribution in [0.15, 0.2) is 48.9 Å². The molecule has 3 rings (SSSR count). The summed E-state index contributed by atoms with van der Waals surface area (Å²) in [5, 5.41) is 2.75. The second kappa shape index (κ2) is 8.11. The van der Waals surface area contributed by atoms with E-state index in [-0.39, 0.29) is 22.3 Å². The molecule has 0 saturated carbocycles. The molecule has 1 heterocycles. The molecule has 1 amide bonds. The third-order valence-corrected chi connectivity index (χ3v) is 5.28. The predicted molar refractivity (Wildman–Crippen MR) is 121 cm³/mol. The molecule has 2 aromatic carbocycles. The number of nitrogens with zero attached hydrogens (tertiary/aromatic N) is 2. The molecular formula is C25H28F3N3O. The molecule has 0 bridgehead atoms. The molecule has 7 heteroatoms. The predicted octanol–water partition coefficient (Wildman–Crippen LogP) is 6.51. The van der Waals surface area contributed by atoms with Crippen LogP contribution in [-0.4, -0.2) is 15.5 Å². The van der Waals surface area contributed by atoms with E-state index in [4.69, 9.17) is 0 Å². The van der Waals surface area contributed by atoms with Gasteiger partial charge in [0.2, 0.25) is 0 Å². The van der Waals surface area contributed by atoms with E-state index in [2.05, 4.69) is 57.9 Å². The first kappa shape index (κ1) is 23.6. The van der Waals surface area contributed by atoms with Crippen LogP contribution in [0.4, 0.5) is 13.2 Å². The van der Waals surface area contributed by atoms with E-state index in [1.54, 1.807) is 10.8 Å². The van der Waals surface area contributed by atoms with Crippen molar-refractivity contribution in [2.24, 2.45) is 0 Å². The molecule has 0 atom stereocenters. The number of amides is 1. The summed E-state index contributed by atoms with van der Waals surface area (Å²) in [6.45, 7) is 12.6. The van der Waals surface area contributed by atoms with Gasteiger partial charge in [0.25, 0.3) is 5.91 Å². The van der Waals surface area contributed by atoms with Gasteiger partial charge in [-0.2, -0.15) is 13.2 Å². The van der Waals surface area contributed by atoms with Crippen molar-refractivity contribution in [3.05, 3.63) is 71.2 Å². The van der Waals surface area contributed by atoms with Crippen LogP contribution in [0.2, 0.25) is 0 Å². The van der Waals surface area contributed by atoms with Crippen LogP contribution in [0.25, 0.3) is 17.2 Å². The maximum absolute atomic E-state index is 12.9. The van der Waals surface area contributed by atoms with Crippen molar-refractivity contribution in [3.8, 4) is 0 Å². The lowest BCUT2D eigenvalue weighted by molar-refractivity contribution is -0.137. The highest BCUT2D eigenvalue weighted by Crippen LogP contribution is 2.32. The van der Waals surface area contributed by atoms with Crippen molar-refractivity contribution in [2.45, 2.75) is 58.5 Å². The first-order valence-electron chi connectivity index (χ1n) is 10.3. The highest BCUT2D eigenvalue weighted by Gasteiger charge is 2.30. The quantitative estimate of drug-likeness (QED) is 0.502. The van der Waals surface area contributed by atoms with E-state index >= 15 is 0 Å². The lowest BCUT2D eigenvalue weighted by Gasteiger charge is -2.26. The van der Waals surface area contributed by atoms with Gasteiger partial charge in [-0.25, -0.2) is 4.98 Å². The van der Waals surface area contributed by atoms with Gasteiger partial charge in [0.15, 0.2) is 0 Å². The van der Waals surface area contributed by atoms with Gasteiger partial charge < -0.3 is 9.88 Å². The molecule has 1 aromatic heterocycles. The third-order valence-electron chi connectivity index (χ3n) is 5.28. The summed E-state index contributed by atoms with van der Waals surface area (Å²) in [6, 6.07) is 9.30. The number of hydrogen-bond acceptors (Lipinski definition) is 2. The molecule has 0 unspecified atom stereocenters. The Kier molecular flexibility index (Phi) is 5.98. The Morgan fingerprint density at radius 1 is 0.906 bits per heavy atom. The van der Waals surface area contributed by atoms with Crippen molar-refractivity contribution >= 4 is 23.1 Å². The molecule has 3 aromatic rings. The Balaban J connectivity index is 1.84. The van der Waals surface area contributed by atoms with Crippen molar-refractivity contribution < 1.29 is 18.0 Å². The Labute approximate surface area is 186 Å². The summed E-state index contributed by atoms with van der Waals surface area (Å²) in [7, 11) is 0. The highest BCUT2D eigenvalue weighted by molar-refractivity contribution is 5.95. The Morgan fingerprint density at radius 3 is 2.03 bits per heavy atom. The maximum Gasteiger partial charge on any atom is 0.416 e. The van der Waals surface area contributed by atoms with Crippen LogP contribution in [0.3, 0.4) is 0 Å². The summed E-state index contributed by atoms with van der Waals surface area (Å²) in [5.41, 5.74) is 2.45. The molecule has 0 fully saturated rings. The van der Waals surface area contributed by atoms with Gasteiger partial charge in [-0.1, -0.05) is 47.6 Å². The van der Waals surface area contributed by atoms with Gasteiger partial charge in [0.05, 0.1) is 22.9 Å². The lowest BCUT2D eigenvalue weighted by atomic mass is 9.79. The summed E-state index contributed by atoms with van der Waals surface area (Å²) in [4.78, 5) is 16.9. The van der Waals surface area contributed by atoms with Gasteiger partial charge in [-0.3, -0.25) is 4.79 Å². The molecule has 0 radical (unpaired) electrons. The monoisotopic (exact) mass is 443 g/mol. The van der Waals surface area contributed by atoms with Crippen molar-refractivity contribution in [3.63, 3.8) is 0 Å². The Hall–Kier alpha value is -3.09. The zero-order valence-electron chi connectivity index (χ0n) is 19.1. The number of aromatic nitrogens is 2. The van der Waals surface area contributed by atoms with E-state index in [9.17, 15) is 18.0 Å². The average Bonchev–Trinajstić information content (AvgIpc) is 3.08. The fourth-order valence-electron chi connectivity index (χ4n) is 3.23. The topological polar surface area (TPSA) is 46.9 Å². The first-order valence-corrected chi connectivity index (χ1v) is 10.3. The van der Waals surface area contributed by atoms with Crippen LogP contribution >= 0.6 is 0 Å². The molecular weight excluding hydrogens is 415 g/mol. The smallest absolute Gasteiger partial charge is 0.327 e. The molecule has 0 spiro atoms. The van der Waals surface area contributed by atoms with Crippen LogP contribution in [0, 0.1) is 0 Å². The number of rotatable bonds is 3. The van der Waals surface area contributed by atoms with Gasteiger partial charge >= 0.3 is 6.18 Å². The number of nitrogens with one attached hydrogen (secondary N) is 1. The largest absolute Gasteiger partial charge is 0.416 e. The number of imidazole rings is 1. The molecule has 0 aliphatic rings. The molecule has 170 valence electrons. The van der Waals surface area contributed by atoms with Crippen molar-refractivity contribution in [2.75, 3.05) is 0 Å². The molecule has 1 N–H and O–H groups in total. The van der Waals surface area contributed by atoms with Gasteiger partial charge in [-0.05, 0) is 52.3 Å². The minimum absolute atomic E-state index is 0.114. The summed E-state index contributed by atoms with van der Waals surface area (Å²) in [5.74, 6) is -0.262. The SMILES string of the molecule is CC(C)(C)c1cc(C(=O)N/C=C/n2cnc3cc(C(F)(F)F)ccc32)cc(C(C)(C)C)c1. The van der Waals surface area contributed by atoms with Crippen LogP contribution < -0.4 is 5.32 Å². The zero-order chi connectivity index (χ0) is 23.9. The van der Waals surface area contributed by atoms with E-state index in [1.807, 2.05) is 12.1 Å². The van der Waals surface area contributed by atoms with Gasteiger partial charge in [0, 0.05) is 18.0 Å². The second-order valence-corrected chi connectivity index (χ2v) is 9.94. The fraction of sp³-hybridized carbons (Fsp3) is 0.360. The summed E-state index contributed by atoms with van der Waals surface area (Å²) < 4.78 is 40.2. The number of carbonyl (C=O) groups is 1. The van der Waals surface area contributed by atoms with E-state index < -0.39 is 11.7 Å². The Bertz CT molecular complexity index is 1140. The van der Waals surface area contributed by atoms with Crippen LogP contribution in [0.5, 0.6) is 0 Å². The minimum Gasteiger partial charge on any atom is -0.327 e. The number of fused-ring (bicyclic) bond motifs is 1. The number of carbonyl (C=O) groups excluding carboxylic acids is 1. The van der Waals surface area contributed by atoms with Gasteiger partial charge in [-0.15, -0.1) is 0 Å². The van der Waals surface area contributed by atoms with E-state index in [1.165, 1.54) is 18.6 Å². The summed E-state index contributed by atoms with van der Waals surface area (Å²) >= 11 is 0.